The molecule has 0 amide bonds. The summed E-state index contributed by atoms with van der Waals surface area (Å²) in [6, 6.07) is 16.7. The summed E-state index contributed by atoms with van der Waals surface area (Å²) < 4.78 is 0. The van der Waals surface area contributed by atoms with Crippen molar-refractivity contribution in [1.29, 1.82) is 0 Å². The minimum atomic E-state index is -1.82. The molecule has 0 fully saturated rings. The molecule has 2 aliphatic rings. The predicted octanol–water partition coefficient (Wildman–Crippen LogP) is 23.2. The quantitative estimate of drug-likeness (QED) is 0.105. The Labute approximate surface area is 548 Å². The number of phenolic OH excluding ortho intramolecular Hbond substituents is 4. The second-order valence-corrected chi connectivity index (χ2v) is 39.8. The molecule has 4 nitrogen and oxygen atoms in total. The van der Waals surface area contributed by atoms with Crippen molar-refractivity contribution in [2.75, 3.05) is 0 Å². The van der Waals surface area contributed by atoms with E-state index in [1.807, 2.05) is 0 Å². The van der Waals surface area contributed by atoms with Crippen molar-refractivity contribution in [1.82, 2.24) is 0 Å². The Hall–Kier alpha value is -3.86. The molecule has 0 saturated heterocycles. The molecule has 0 bridgehead atoms. The first-order valence-electron chi connectivity index (χ1n) is 32.1. The summed E-state index contributed by atoms with van der Waals surface area (Å²) in [5, 5.41) is 48.6. The number of benzene rings is 4. The molecule has 474 valence electrons. The standard InChI is InChI=1S/2C28H42O2.C24H38Si.Zr/c2*1-25(2,3)17-13-19(23(29)21(15-17)27(7,8)9)20-14-18(26(4,5)6)16-22(24(20)30)28(10,11)12;1-11-23(5,6)19-13-17(3)15-21(19)25(9,10)22-16-18(4)14-20(22)24(7,8)12-2;/h2*13-16,29-30H,1-12H3;13-14,17-18H,11-12H2,1-10H3;/q;;-2;+2. The summed E-state index contributed by atoms with van der Waals surface area (Å²) >= 11 is 0. The molecule has 0 aliphatic heterocycles. The molecule has 0 spiro atoms. The Morgan fingerprint density at radius 2 is 0.523 bits per heavy atom. The van der Waals surface area contributed by atoms with Gasteiger partial charge >= 0.3 is 26.2 Å². The van der Waals surface area contributed by atoms with E-state index in [9.17, 15) is 20.4 Å². The van der Waals surface area contributed by atoms with Crippen LogP contribution in [0.2, 0.25) is 13.1 Å². The minimum absolute atomic E-state index is 0. The fourth-order valence-electron chi connectivity index (χ4n) is 11.4. The van der Waals surface area contributed by atoms with E-state index in [0.29, 0.717) is 34.1 Å². The second-order valence-electron chi connectivity index (χ2n) is 35.6. The van der Waals surface area contributed by atoms with Gasteiger partial charge in [-0.2, -0.15) is 23.3 Å². The number of allylic oxidation sites excluding steroid dienone is 8. The van der Waals surface area contributed by atoms with Crippen molar-refractivity contribution < 1.29 is 46.6 Å². The predicted molar refractivity (Wildman–Crippen MR) is 374 cm³/mol. The van der Waals surface area contributed by atoms with Gasteiger partial charge in [0, 0.05) is 52.6 Å². The van der Waals surface area contributed by atoms with Crippen molar-refractivity contribution in [2.24, 2.45) is 22.7 Å². The van der Waals surface area contributed by atoms with Crippen molar-refractivity contribution in [2.45, 2.75) is 291 Å². The number of rotatable bonds is 8. The van der Waals surface area contributed by atoms with E-state index in [0.717, 1.165) is 44.5 Å². The largest absolute Gasteiger partial charge is 2.00 e. The maximum atomic E-state index is 11.4. The average Bonchev–Trinajstić information content (AvgIpc) is 4.01. The third-order valence-corrected chi connectivity index (χ3v) is 21.6. The maximum Gasteiger partial charge on any atom is 2.00 e. The molecule has 4 aromatic carbocycles. The van der Waals surface area contributed by atoms with Gasteiger partial charge in [0.15, 0.2) is 0 Å². The second kappa shape index (κ2) is 25.8. The molecule has 4 aromatic rings. The molecule has 86 heavy (non-hydrogen) atoms. The summed E-state index contributed by atoms with van der Waals surface area (Å²) in [6.07, 6.45) is 15.0. The minimum Gasteiger partial charge on any atom is -0.507 e. The van der Waals surface area contributed by atoms with Crippen LogP contribution in [0.15, 0.2) is 82.2 Å². The summed E-state index contributed by atoms with van der Waals surface area (Å²) in [5.74, 6) is 1.92. The van der Waals surface area contributed by atoms with Gasteiger partial charge in [-0.15, -0.1) is 0 Å². The van der Waals surface area contributed by atoms with Crippen LogP contribution in [-0.4, -0.2) is 28.5 Å². The molecule has 4 N–H and O–H groups in total. The summed E-state index contributed by atoms with van der Waals surface area (Å²) in [7, 11) is -1.82. The third-order valence-electron chi connectivity index (χ3n) is 18.3. The van der Waals surface area contributed by atoms with Crippen LogP contribution in [0.5, 0.6) is 23.0 Å². The monoisotopic (exact) mass is 1260 g/mol. The van der Waals surface area contributed by atoms with E-state index in [-0.39, 0.29) is 103 Å². The Kier molecular flexibility index (Phi) is 22.9. The Balaban J connectivity index is 0.000000337. The number of phenols is 4. The topological polar surface area (TPSA) is 80.9 Å². The molecule has 2 atom stereocenters. The zero-order valence-corrected chi connectivity index (χ0v) is 64.6. The van der Waals surface area contributed by atoms with Gasteiger partial charge < -0.3 is 20.4 Å². The van der Waals surface area contributed by atoms with Crippen LogP contribution in [0.4, 0.5) is 0 Å². The van der Waals surface area contributed by atoms with Crippen LogP contribution in [0.25, 0.3) is 22.3 Å². The van der Waals surface area contributed by atoms with E-state index < -0.39 is 8.07 Å². The van der Waals surface area contributed by atoms with Gasteiger partial charge in [-0.3, -0.25) is 12.2 Å². The van der Waals surface area contributed by atoms with Crippen LogP contribution in [0.3, 0.4) is 0 Å². The third kappa shape index (κ3) is 17.3. The number of hydrogen-bond donors (Lipinski definition) is 4. The van der Waals surface area contributed by atoms with Gasteiger partial charge in [0.1, 0.15) is 23.0 Å². The zero-order chi connectivity index (χ0) is 66.1. The molecule has 2 unspecified atom stereocenters. The van der Waals surface area contributed by atoms with E-state index in [2.05, 4.69) is 307 Å². The normalized spacial score (nSPS) is 16.7. The van der Waals surface area contributed by atoms with Crippen LogP contribution in [-0.2, 0) is 69.5 Å². The Morgan fingerprint density at radius 3 is 0.674 bits per heavy atom. The molecular formula is C80H122O4SiZr. The summed E-state index contributed by atoms with van der Waals surface area (Å²) in [6.45, 7) is 75.4. The van der Waals surface area contributed by atoms with Gasteiger partial charge in [-0.05, 0) is 89.8 Å². The molecule has 0 heterocycles. The average molecular weight is 1270 g/mol. The van der Waals surface area contributed by atoms with E-state index in [4.69, 9.17) is 0 Å². The van der Waals surface area contributed by atoms with Crippen LogP contribution < -0.4 is 0 Å². The Bertz CT molecular complexity index is 2840. The van der Waals surface area contributed by atoms with Gasteiger partial charge in [0.25, 0.3) is 0 Å². The molecule has 6 heteroatoms. The first kappa shape index (κ1) is 76.4. The van der Waals surface area contributed by atoms with Gasteiger partial charge in [0.2, 0.25) is 0 Å². The smallest absolute Gasteiger partial charge is 0.507 e. The van der Waals surface area contributed by atoms with Gasteiger partial charge in [0.05, 0.1) is 0 Å². The molecule has 0 aromatic heterocycles. The fourth-order valence-corrected chi connectivity index (χ4v) is 15.0. The zero-order valence-electron chi connectivity index (χ0n) is 61.1. The first-order chi connectivity index (χ1) is 37.8. The summed E-state index contributed by atoms with van der Waals surface area (Å²) in [4.78, 5) is 0. The van der Waals surface area contributed by atoms with E-state index >= 15 is 0 Å². The van der Waals surface area contributed by atoms with Crippen LogP contribution >= 0.6 is 0 Å². The molecule has 0 saturated carbocycles. The first-order valence-corrected chi connectivity index (χ1v) is 35.1. The molecule has 0 radical (unpaired) electrons. The fraction of sp³-hybridized carbons (Fsp3) is 0.600. The number of aromatic hydroxyl groups is 4. The molecule has 2 aliphatic carbocycles. The van der Waals surface area contributed by atoms with Crippen molar-refractivity contribution in [3.8, 4) is 45.3 Å². The van der Waals surface area contributed by atoms with E-state index in [1.54, 1.807) is 21.5 Å². The maximum absolute atomic E-state index is 11.4. The van der Waals surface area contributed by atoms with Crippen molar-refractivity contribution in [3.05, 3.63) is 139 Å². The Morgan fingerprint density at radius 1 is 0.337 bits per heavy atom. The number of hydrogen-bond acceptors (Lipinski definition) is 4. The van der Waals surface area contributed by atoms with Crippen LogP contribution in [0, 0.1) is 34.8 Å². The van der Waals surface area contributed by atoms with Gasteiger partial charge in [-0.1, -0.05) is 294 Å². The molecule has 6 rings (SSSR count). The van der Waals surface area contributed by atoms with Crippen molar-refractivity contribution in [3.63, 3.8) is 0 Å². The molecular weight excluding hydrogens is 1140 g/mol. The van der Waals surface area contributed by atoms with Gasteiger partial charge in [-0.25, -0.2) is 10.4 Å². The SMILES string of the molecule is CC(C)(C)c1cc(-c2cc(C(C)(C)C)cc(C(C)(C)C)c2O)c(O)c(C(C)(C)C)c1.CC(C)(C)c1cc(-c2cc(C(C)(C)C)cc(C(C)(C)C)c2O)c(O)c(C(C)(C)C)c1.CCC(C)(C)C1=CC(C)[C-]=C1[Si](C)(C)C1=[C-]C(C)C=C1C(C)(C)CC.[Zr+2]. The van der Waals surface area contributed by atoms with Crippen molar-refractivity contribution >= 4 is 8.07 Å². The van der Waals surface area contributed by atoms with E-state index in [1.165, 1.54) is 12.8 Å². The van der Waals surface area contributed by atoms with Crippen LogP contribution in [0.1, 0.15) is 279 Å². The summed E-state index contributed by atoms with van der Waals surface area (Å²) in [5.41, 5.74) is 13.5.